The molecule has 0 aromatic heterocycles. The van der Waals surface area contributed by atoms with E-state index in [0.717, 1.165) is 23.8 Å². The van der Waals surface area contributed by atoms with E-state index in [1.165, 1.54) is 86.7 Å². The first-order valence-corrected chi connectivity index (χ1v) is 26.7. The van der Waals surface area contributed by atoms with Gasteiger partial charge in [-0.1, -0.05) is 51.0 Å². The number of Topliss-reactive ketones (excluding diaryl/α,β-unsaturated/α-hetero) is 1. The normalized spacial score (nSPS) is 14.4. The summed E-state index contributed by atoms with van der Waals surface area (Å²) in [6, 6.07) is 31.8. The molecule has 0 fully saturated rings. The molecule has 2 heterocycles. The summed E-state index contributed by atoms with van der Waals surface area (Å²) in [4.78, 5) is 17.1. The molecule has 0 bridgehead atoms. The first kappa shape index (κ1) is 84.4. The van der Waals surface area contributed by atoms with E-state index in [9.17, 15) is 37.1 Å². The van der Waals surface area contributed by atoms with Crippen molar-refractivity contribution in [3.63, 3.8) is 0 Å². The molecule has 0 saturated carbocycles. The quantitative estimate of drug-likeness (QED) is 0.0116. The van der Waals surface area contributed by atoms with Crippen LogP contribution in [0.1, 0.15) is 91.1 Å². The minimum absolute atomic E-state index is 0. The Balaban J connectivity index is 0.00000118. The van der Waals surface area contributed by atoms with E-state index in [2.05, 4.69) is 27.6 Å². The predicted molar refractivity (Wildman–Crippen MR) is 351 cm³/mol. The number of aromatic hydroxyl groups is 7. The molecule has 1 atom stereocenters. The van der Waals surface area contributed by atoms with Crippen LogP contribution < -0.4 is 4.74 Å². The van der Waals surface area contributed by atoms with E-state index in [1.807, 2.05) is 26.8 Å². The van der Waals surface area contributed by atoms with Crippen LogP contribution in [0.2, 0.25) is 0 Å². The first-order chi connectivity index (χ1) is 45.7. The van der Waals surface area contributed by atoms with E-state index in [-0.39, 0.29) is 77.1 Å². The largest absolute Gasteiger partial charge is 0.504 e. The molecule has 0 amide bonds. The molecule has 5 aromatic carbocycles. The number of nitrogens with zero attached hydrogens (tertiary/aromatic N) is 10. The lowest BCUT2D eigenvalue weighted by Crippen LogP contribution is -2.28. The molecular formula is C73H57F5N10O11. The summed E-state index contributed by atoms with van der Waals surface area (Å²) in [5.74, 6) is -8.89. The summed E-state index contributed by atoms with van der Waals surface area (Å²) in [5.41, 5.74) is -1.01. The van der Waals surface area contributed by atoms with Crippen LogP contribution in [0.4, 0.5) is 22.0 Å². The number of carbonyl (C=O) groups is 1. The fourth-order valence-corrected chi connectivity index (χ4v) is 7.58. The Labute approximate surface area is 567 Å². The zero-order chi connectivity index (χ0) is 73.8. The Morgan fingerprint density at radius 1 is 0.525 bits per heavy atom. The minimum Gasteiger partial charge on any atom is -0.504 e. The van der Waals surface area contributed by atoms with Crippen LogP contribution in [0.25, 0.3) is 34.0 Å². The SMILES string of the molecule is C.C.C#C/C(C#N)=C/c1cc(O)c(O)c(O)c1.C#C/C(C#N)=C/c1ccc(O)c(O)c1.CC(=O)/C(C#N)=C/c1ccc(O)c(O)c1.COc1ccc(C=C(C#N)C#N)cc1.[C-]#[N+]/C(C#N)=C1\OC(C)(c2c(F)c(F)c(F)c(F)c2F)C(C)=C1C#N.[C-]#[N+]/C(C)=C1\OC(C)(C)C(C)=C1C#N. The van der Waals surface area contributed by atoms with Gasteiger partial charge in [-0.25, -0.2) is 36.9 Å². The lowest BCUT2D eigenvalue weighted by atomic mass is 9.86. The predicted octanol–water partition coefficient (Wildman–Crippen LogP) is 14.9. The number of phenols is 7. The van der Waals surface area contributed by atoms with Crippen LogP contribution in [0.5, 0.6) is 46.0 Å². The van der Waals surface area contributed by atoms with Gasteiger partial charge in [0.2, 0.25) is 11.5 Å². The molecule has 2 aliphatic rings. The van der Waals surface area contributed by atoms with Gasteiger partial charge in [0.25, 0.3) is 0 Å². The Morgan fingerprint density at radius 3 is 1.30 bits per heavy atom. The van der Waals surface area contributed by atoms with Gasteiger partial charge in [-0.05, 0) is 155 Å². The second-order valence-electron chi connectivity index (χ2n) is 19.7. The van der Waals surface area contributed by atoms with Crippen molar-refractivity contribution in [2.45, 2.75) is 74.5 Å². The Bertz CT molecular complexity index is 4690. The van der Waals surface area contributed by atoms with Crippen molar-refractivity contribution in [3.05, 3.63) is 220 Å². The van der Waals surface area contributed by atoms with E-state index in [0.29, 0.717) is 33.7 Å². The van der Waals surface area contributed by atoms with Gasteiger partial charge in [-0.3, -0.25) is 4.79 Å². The fraction of sp³-hybridized carbons (Fsp3) is 0.164. The number of hydrogen-bond donors (Lipinski definition) is 7. The van der Waals surface area contributed by atoms with Crippen LogP contribution in [0, 0.1) is 158 Å². The fourth-order valence-electron chi connectivity index (χ4n) is 7.58. The van der Waals surface area contributed by atoms with Crippen LogP contribution in [-0.4, -0.2) is 54.2 Å². The number of rotatable bonds is 7. The smallest absolute Gasteiger partial charge is 0.304 e. The Kier molecular flexibility index (Phi) is 32.7. The zero-order valence-electron chi connectivity index (χ0n) is 52.0. The highest BCUT2D eigenvalue weighted by Crippen LogP contribution is 2.49. The number of phenolic OH excluding ortho intramolecular Hbond substituents is 7. The molecule has 26 heteroatoms. The van der Waals surface area contributed by atoms with Gasteiger partial charge in [-0.15, -0.1) is 12.8 Å². The molecule has 21 nitrogen and oxygen atoms in total. The number of halogens is 5. The number of ketones is 1. The lowest BCUT2D eigenvalue weighted by molar-refractivity contribution is -0.113. The standard InChI is InChI=1S/C16H6F5N3O.C11H12N2O.C11H8N2O.C11H9NO3.C11H7NO3.C11H7NO2.2CH4/c1-6-7(4-22)15(8(5-23)24-3)25-16(6,2)9-10(17)12(19)14(21)13(20)11(9)18;1-7-9(6-12)10(8(2)13-5)14-11(7,3)4;1-14-11-4-2-9(3-5-11)6-10(7-12)8-13;1-7(13)9(6-12)4-8-2-3-10(14)11(15)5-8;1-2-7(6-12)3-8-4-9(13)11(15)10(14)5-8;1-2-8(7-12)5-9-3-4-10(13)11(14)6-9;;/h1-2H3;1-4H3;2-6H,1H3;2-5,14-15H,1H3;1,3-5,13-15H;1,3-6,13-14H;2*1H4/b15-8-;10-8-;;9-4+;7-3-;8-5-;;. The number of terminal acetylenes is 2. The van der Waals surface area contributed by atoms with Crippen LogP contribution >= 0.6 is 0 Å². The summed E-state index contributed by atoms with van der Waals surface area (Å²) in [6.07, 6.45) is 15.7. The highest BCUT2D eigenvalue weighted by Gasteiger charge is 2.48. The molecular weight excluding hydrogens is 1290 g/mol. The average molecular weight is 1350 g/mol. The highest BCUT2D eigenvalue weighted by molar-refractivity contribution is 6.01. The van der Waals surface area contributed by atoms with E-state index < -0.39 is 74.6 Å². The molecule has 0 saturated heterocycles. The minimum atomic E-state index is -2.34. The van der Waals surface area contributed by atoms with Gasteiger partial charge in [0.1, 0.15) is 76.3 Å². The second-order valence-corrected chi connectivity index (χ2v) is 19.7. The summed E-state index contributed by atoms with van der Waals surface area (Å²) in [6.45, 7) is 24.5. The maximum atomic E-state index is 14.1. The molecule has 7 rings (SSSR count). The molecule has 7 N–H and O–H groups in total. The van der Waals surface area contributed by atoms with Crippen LogP contribution in [0.15, 0.2) is 140 Å². The lowest BCUT2D eigenvalue weighted by Gasteiger charge is -2.28. The first-order valence-electron chi connectivity index (χ1n) is 26.7. The van der Waals surface area contributed by atoms with Crippen molar-refractivity contribution >= 4 is 30.1 Å². The number of methoxy groups -OCH3 is 1. The number of allylic oxidation sites excluding steroid dienone is 8. The Hall–Kier alpha value is -14.6. The maximum Gasteiger partial charge on any atom is 0.304 e. The summed E-state index contributed by atoms with van der Waals surface area (Å²) in [7, 11) is 1.58. The summed E-state index contributed by atoms with van der Waals surface area (Å²) in [5, 5.41) is 134. The molecule has 500 valence electrons. The Morgan fingerprint density at radius 2 is 0.929 bits per heavy atom. The van der Waals surface area contributed by atoms with Gasteiger partial charge in [0.05, 0.1) is 48.6 Å². The van der Waals surface area contributed by atoms with E-state index >= 15 is 0 Å². The van der Waals surface area contributed by atoms with Gasteiger partial charge >= 0.3 is 5.70 Å². The molecule has 1 unspecified atom stereocenters. The third-order valence-corrected chi connectivity index (χ3v) is 13.1. The molecule has 5 aromatic rings. The topological polar surface area (TPSA) is 385 Å². The van der Waals surface area contributed by atoms with Crippen molar-refractivity contribution in [1.82, 2.24) is 0 Å². The highest BCUT2D eigenvalue weighted by atomic mass is 19.2. The molecule has 2 aliphatic heterocycles. The van der Waals surface area contributed by atoms with Crippen molar-refractivity contribution in [3.8, 4) is 119 Å². The molecule has 99 heavy (non-hydrogen) atoms. The average Bonchev–Trinajstić information content (AvgIpc) is 1.62. The molecule has 0 aliphatic carbocycles. The maximum absolute atomic E-state index is 14.1. The van der Waals surface area contributed by atoms with Gasteiger partial charge < -0.3 is 50.0 Å². The summed E-state index contributed by atoms with van der Waals surface area (Å²) < 4.78 is 84.3. The molecule has 0 radical (unpaired) electrons. The molecule has 0 spiro atoms. The van der Waals surface area contributed by atoms with Crippen molar-refractivity contribution < 1.29 is 76.7 Å². The monoisotopic (exact) mass is 1340 g/mol. The number of ether oxygens (including phenoxy) is 3. The second kappa shape index (κ2) is 38.4. The number of nitriles is 8. The van der Waals surface area contributed by atoms with Crippen LogP contribution in [-0.2, 0) is 19.9 Å². The van der Waals surface area contributed by atoms with Gasteiger partial charge in [0.15, 0.2) is 80.7 Å². The van der Waals surface area contributed by atoms with Crippen molar-refractivity contribution in [2.75, 3.05) is 7.11 Å². The van der Waals surface area contributed by atoms with Crippen LogP contribution in [0.3, 0.4) is 0 Å². The van der Waals surface area contributed by atoms with Crippen molar-refractivity contribution in [1.29, 1.82) is 42.1 Å². The zero-order valence-corrected chi connectivity index (χ0v) is 52.0. The summed E-state index contributed by atoms with van der Waals surface area (Å²) >= 11 is 0. The van der Waals surface area contributed by atoms with Crippen molar-refractivity contribution in [2.24, 2.45) is 0 Å². The van der Waals surface area contributed by atoms with Gasteiger partial charge in [-0.2, -0.15) is 36.8 Å². The van der Waals surface area contributed by atoms with Gasteiger partial charge in [0, 0.05) is 0 Å². The number of benzene rings is 5. The van der Waals surface area contributed by atoms with E-state index in [1.54, 1.807) is 74.7 Å². The van der Waals surface area contributed by atoms with E-state index in [4.69, 9.17) is 108 Å². The third kappa shape index (κ3) is 21.7. The number of carbonyl (C=O) groups excluding carboxylic acids is 1. The number of hydrogen-bond acceptors (Lipinski definition) is 19. The third-order valence-electron chi connectivity index (χ3n) is 13.1.